The third-order valence-electron chi connectivity index (χ3n) is 5.07. The number of alkyl halides is 2. The van der Waals surface area contributed by atoms with E-state index in [1.807, 2.05) is 26.8 Å². The maximum absolute atomic E-state index is 13.8. The summed E-state index contributed by atoms with van der Waals surface area (Å²) in [5.41, 5.74) is 6.29. The first-order chi connectivity index (χ1) is 16.6. The number of nitrogens with zero attached hydrogens (tertiary/aromatic N) is 3. The number of benzene rings is 1. The van der Waals surface area contributed by atoms with E-state index in [2.05, 4.69) is 22.0 Å². The molecule has 0 radical (unpaired) electrons. The van der Waals surface area contributed by atoms with Crippen molar-refractivity contribution in [3.05, 3.63) is 59.9 Å². The topological polar surface area (TPSA) is 76.1 Å². The van der Waals surface area contributed by atoms with Gasteiger partial charge in [0.15, 0.2) is 0 Å². The van der Waals surface area contributed by atoms with Gasteiger partial charge in [-0.15, -0.1) is 0 Å². The zero-order chi connectivity index (χ0) is 26.2. The summed E-state index contributed by atoms with van der Waals surface area (Å²) in [6.45, 7) is 15.2. The van der Waals surface area contributed by atoms with Crippen LogP contribution in [0.5, 0.6) is 5.75 Å². The van der Waals surface area contributed by atoms with E-state index in [-0.39, 0.29) is 31.2 Å². The third kappa shape index (κ3) is 7.77. The second-order valence-electron chi connectivity index (χ2n) is 7.90. The molecule has 2 heterocycles. The van der Waals surface area contributed by atoms with Crippen LogP contribution in [0.2, 0.25) is 0 Å². The van der Waals surface area contributed by atoms with Gasteiger partial charge in [-0.25, -0.2) is 4.99 Å². The zero-order valence-electron chi connectivity index (χ0n) is 21.2. The highest BCUT2D eigenvalue weighted by molar-refractivity contribution is 5.84. The van der Waals surface area contributed by atoms with Gasteiger partial charge < -0.3 is 9.47 Å². The van der Waals surface area contributed by atoms with Crippen LogP contribution in [-0.4, -0.2) is 41.1 Å². The number of aliphatic imine (C=N–C) groups is 1. The van der Waals surface area contributed by atoms with Crippen LogP contribution in [0, 0.1) is 6.92 Å². The molecule has 0 amide bonds. The molecule has 190 valence electrons. The number of carbonyl (C=O) groups excluding carboxylic acids is 1. The Morgan fingerprint density at radius 2 is 2.06 bits per heavy atom. The number of hydrazine groups is 1. The van der Waals surface area contributed by atoms with Gasteiger partial charge in [0.2, 0.25) is 0 Å². The number of rotatable bonds is 7. The zero-order valence-corrected chi connectivity index (χ0v) is 21.2. The molecule has 0 saturated carbocycles. The average molecular weight is 489 g/mol. The summed E-state index contributed by atoms with van der Waals surface area (Å²) in [5.74, 6) is -0.231. The minimum absolute atomic E-state index is 0.113. The molecule has 9 heteroatoms. The van der Waals surface area contributed by atoms with Gasteiger partial charge in [-0.05, 0) is 50.5 Å². The molecule has 1 aromatic carbocycles. The van der Waals surface area contributed by atoms with E-state index < -0.39 is 12.1 Å². The second-order valence-corrected chi connectivity index (χ2v) is 7.90. The maximum atomic E-state index is 13.8. The number of amidine groups is 1. The summed E-state index contributed by atoms with van der Waals surface area (Å²) in [6.07, 6.45) is -1.91. The van der Waals surface area contributed by atoms with Gasteiger partial charge in [-0.1, -0.05) is 33.4 Å². The first-order valence-electron chi connectivity index (χ1n) is 11.7. The predicted octanol–water partition coefficient (Wildman–Crippen LogP) is 5.99. The number of halogens is 2. The van der Waals surface area contributed by atoms with Gasteiger partial charge in [0, 0.05) is 23.5 Å². The Morgan fingerprint density at radius 1 is 1.34 bits per heavy atom. The molecule has 1 atom stereocenters. The van der Waals surface area contributed by atoms with Gasteiger partial charge in [0.1, 0.15) is 18.1 Å². The summed E-state index contributed by atoms with van der Waals surface area (Å²) < 4.78 is 37.6. The van der Waals surface area contributed by atoms with E-state index in [0.717, 1.165) is 16.8 Å². The van der Waals surface area contributed by atoms with Crippen molar-refractivity contribution in [3.63, 3.8) is 0 Å². The van der Waals surface area contributed by atoms with E-state index in [0.29, 0.717) is 17.2 Å². The van der Waals surface area contributed by atoms with E-state index in [9.17, 15) is 13.6 Å². The largest absolute Gasteiger partial charge is 0.465 e. The molecule has 0 aliphatic carbocycles. The number of fused-ring (bicyclic) bond motifs is 1. The lowest BCUT2D eigenvalue weighted by Gasteiger charge is -2.30. The fourth-order valence-electron chi connectivity index (χ4n) is 3.59. The van der Waals surface area contributed by atoms with E-state index in [1.54, 1.807) is 45.2 Å². The van der Waals surface area contributed by atoms with Crippen molar-refractivity contribution in [1.82, 2.24) is 15.4 Å². The average Bonchev–Trinajstić information content (AvgIpc) is 2.78. The van der Waals surface area contributed by atoms with Crippen molar-refractivity contribution in [3.8, 4) is 5.75 Å². The molecule has 1 aliphatic rings. The van der Waals surface area contributed by atoms with Crippen LogP contribution in [0.1, 0.15) is 63.8 Å². The molecule has 0 spiro atoms. The molecule has 2 aromatic rings. The Hall–Kier alpha value is -3.49. The molecule has 7 nitrogen and oxygen atoms in total. The smallest absolute Gasteiger partial charge is 0.398 e. The van der Waals surface area contributed by atoms with Gasteiger partial charge in [0.25, 0.3) is 0 Å². The van der Waals surface area contributed by atoms with Crippen LogP contribution >= 0.6 is 0 Å². The monoisotopic (exact) mass is 488 g/mol. The fraction of sp³-hybridized carbons (Fsp3) is 0.423. The summed E-state index contributed by atoms with van der Waals surface area (Å²) in [7, 11) is 0. The van der Waals surface area contributed by atoms with Crippen molar-refractivity contribution in [1.29, 1.82) is 0 Å². The summed E-state index contributed by atoms with van der Waals surface area (Å²) in [4.78, 5) is 20.8. The van der Waals surface area contributed by atoms with Gasteiger partial charge in [-0.3, -0.25) is 20.2 Å². The number of esters is 1. The quantitative estimate of drug-likeness (QED) is 0.223. The second kappa shape index (κ2) is 12.3. The summed E-state index contributed by atoms with van der Waals surface area (Å²) >= 11 is 0. The molecule has 35 heavy (non-hydrogen) atoms. The highest BCUT2D eigenvalue weighted by Gasteiger charge is 2.40. The lowest BCUT2D eigenvalue weighted by Crippen LogP contribution is -2.43. The Bertz CT molecular complexity index is 1070. The van der Waals surface area contributed by atoms with Gasteiger partial charge >= 0.3 is 12.1 Å². The Balaban J connectivity index is 0.00000210. The highest BCUT2D eigenvalue weighted by atomic mass is 19.3. The van der Waals surface area contributed by atoms with Crippen LogP contribution in [0.4, 0.5) is 14.5 Å². The minimum Gasteiger partial charge on any atom is -0.465 e. The normalized spacial score (nSPS) is 16.1. The first-order valence-corrected chi connectivity index (χ1v) is 11.7. The van der Waals surface area contributed by atoms with Crippen molar-refractivity contribution in [2.45, 2.75) is 60.0 Å². The standard InChI is InChI=1S/C24H28F2N4O3.C2H6/c1-6-32-23(31)14-30(17(4)19-9-10-27-16(3)11-19)29-18(5)28-20-7-8-21-15(2)13-24(25,26)33-22(21)12-20;1-2/h7-12,15H,4,6,13-14H2,1-3,5H3,(H,28,29);1-2H3. The Labute approximate surface area is 205 Å². The number of hydrogen-bond acceptors (Lipinski definition) is 6. The van der Waals surface area contributed by atoms with Crippen molar-refractivity contribution < 1.29 is 23.0 Å². The first kappa shape index (κ1) is 27.8. The molecular weight excluding hydrogens is 454 g/mol. The molecule has 1 aliphatic heterocycles. The molecule has 0 fully saturated rings. The maximum Gasteiger partial charge on any atom is 0.398 e. The number of nitrogens with one attached hydrogen (secondary N) is 1. The van der Waals surface area contributed by atoms with E-state index >= 15 is 0 Å². The van der Waals surface area contributed by atoms with Crippen molar-refractivity contribution in [2.24, 2.45) is 4.99 Å². The van der Waals surface area contributed by atoms with Gasteiger partial charge in [0.05, 0.1) is 24.4 Å². The van der Waals surface area contributed by atoms with Crippen molar-refractivity contribution in [2.75, 3.05) is 13.2 Å². The van der Waals surface area contributed by atoms with E-state index in [4.69, 9.17) is 9.47 Å². The third-order valence-corrected chi connectivity index (χ3v) is 5.07. The van der Waals surface area contributed by atoms with Crippen LogP contribution < -0.4 is 10.2 Å². The Kier molecular flexibility index (Phi) is 9.74. The highest BCUT2D eigenvalue weighted by Crippen LogP contribution is 2.43. The predicted molar refractivity (Wildman–Crippen MR) is 134 cm³/mol. The number of aryl methyl sites for hydroxylation is 1. The molecule has 1 unspecified atom stereocenters. The van der Waals surface area contributed by atoms with Crippen LogP contribution in [0.3, 0.4) is 0 Å². The molecule has 0 saturated heterocycles. The Morgan fingerprint density at radius 3 is 2.71 bits per heavy atom. The van der Waals surface area contributed by atoms with Crippen molar-refractivity contribution >= 4 is 23.2 Å². The van der Waals surface area contributed by atoms with Crippen LogP contribution in [0.15, 0.2) is 48.1 Å². The molecule has 0 bridgehead atoms. The number of pyridine rings is 1. The summed E-state index contributed by atoms with van der Waals surface area (Å²) in [5, 5.41) is 1.52. The SMILES string of the molecule is C=C(c1ccnc(C)c1)N(CC(=O)OCC)NC(C)=Nc1ccc2c(c1)OC(F)(F)CC2C.CC. The lowest BCUT2D eigenvalue weighted by atomic mass is 9.94. The number of aromatic nitrogens is 1. The van der Waals surface area contributed by atoms with Gasteiger partial charge in [-0.2, -0.15) is 8.78 Å². The number of hydrogen-bond donors (Lipinski definition) is 1. The molecule has 1 aromatic heterocycles. The number of carbonyl (C=O) groups is 1. The molecular formula is C26H34F2N4O3. The van der Waals surface area contributed by atoms with Crippen LogP contribution in [0.25, 0.3) is 5.70 Å². The van der Waals surface area contributed by atoms with Crippen LogP contribution in [-0.2, 0) is 9.53 Å². The van der Waals surface area contributed by atoms with E-state index in [1.165, 1.54) is 11.1 Å². The fourth-order valence-corrected chi connectivity index (χ4v) is 3.59. The lowest BCUT2D eigenvalue weighted by molar-refractivity contribution is -0.191. The number of ether oxygens (including phenoxy) is 2. The molecule has 1 N–H and O–H groups in total. The summed E-state index contributed by atoms with van der Waals surface area (Å²) in [6, 6.07) is 8.60. The minimum atomic E-state index is -3.21. The molecule has 3 rings (SSSR count).